The van der Waals surface area contributed by atoms with E-state index in [4.69, 9.17) is 4.42 Å². The number of carbonyl (C=O) groups excluding carboxylic acids is 2. The van der Waals surface area contributed by atoms with E-state index in [-0.39, 0.29) is 11.3 Å². The maximum atomic E-state index is 13.6. The second-order valence-electron chi connectivity index (χ2n) is 10.5. The zero-order valence-electron chi connectivity index (χ0n) is 18.0. The Labute approximate surface area is 191 Å². The monoisotopic (exact) mass is 484 g/mol. The van der Waals surface area contributed by atoms with Crippen LogP contribution in [0.5, 0.6) is 0 Å². The van der Waals surface area contributed by atoms with Crippen molar-refractivity contribution in [3.05, 3.63) is 34.0 Å². The minimum Gasteiger partial charge on any atom is -0.451 e. The number of piperazine rings is 1. The lowest BCUT2D eigenvalue weighted by Crippen LogP contribution is -2.58. The third kappa shape index (κ3) is 3.16. The van der Waals surface area contributed by atoms with Crippen LogP contribution in [0.3, 0.4) is 0 Å². The van der Waals surface area contributed by atoms with Crippen LogP contribution in [0.25, 0.3) is 11.0 Å². The Bertz CT molecular complexity index is 1030. The van der Waals surface area contributed by atoms with Gasteiger partial charge in [0, 0.05) is 41.6 Å². The van der Waals surface area contributed by atoms with Crippen LogP contribution >= 0.6 is 15.9 Å². The highest BCUT2D eigenvalue weighted by molar-refractivity contribution is 9.10. The quantitative estimate of drug-likeness (QED) is 0.602. The summed E-state index contributed by atoms with van der Waals surface area (Å²) in [6.45, 7) is 4.38. The van der Waals surface area contributed by atoms with Gasteiger partial charge < -0.3 is 14.2 Å². The van der Waals surface area contributed by atoms with Gasteiger partial charge in [0.1, 0.15) is 5.58 Å². The number of amides is 2. The van der Waals surface area contributed by atoms with E-state index in [9.17, 15) is 9.59 Å². The first-order chi connectivity index (χ1) is 14.9. The topological polar surface area (TPSA) is 53.8 Å². The number of carbonyl (C=O) groups is 2. The molecule has 164 valence electrons. The minimum atomic E-state index is -0.0936. The van der Waals surface area contributed by atoms with E-state index in [0.717, 1.165) is 58.0 Å². The number of halogens is 1. The number of hydrogen-bond donors (Lipinski definition) is 0. The molecule has 1 aromatic carbocycles. The smallest absolute Gasteiger partial charge is 0.290 e. The van der Waals surface area contributed by atoms with E-state index < -0.39 is 0 Å². The average molecular weight is 485 g/mol. The second-order valence-corrected chi connectivity index (χ2v) is 11.4. The standard InChI is InChI=1S/C25H29BrN2O3/c1-15-20-11-19(26)2-3-21(20)31-22(15)23(29)27-4-6-28(7-5-27)24(30)25-12-16-8-17(13-25)10-18(9-16)14-25/h2-3,11,16-18H,4-10,12-14H2,1H3. The molecule has 5 aliphatic rings. The maximum Gasteiger partial charge on any atom is 0.290 e. The van der Waals surface area contributed by atoms with Crippen LogP contribution in [-0.2, 0) is 4.79 Å². The highest BCUT2D eigenvalue weighted by atomic mass is 79.9. The molecule has 31 heavy (non-hydrogen) atoms. The van der Waals surface area contributed by atoms with Crippen molar-refractivity contribution in [3.63, 3.8) is 0 Å². The van der Waals surface area contributed by atoms with E-state index in [1.807, 2.05) is 30.0 Å². The molecular weight excluding hydrogens is 456 g/mol. The lowest BCUT2D eigenvalue weighted by atomic mass is 9.49. The third-order valence-electron chi connectivity index (χ3n) is 8.44. The number of furan rings is 1. The fourth-order valence-electron chi connectivity index (χ4n) is 7.36. The Hall–Kier alpha value is -1.82. The summed E-state index contributed by atoms with van der Waals surface area (Å²) in [4.78, 5) is 30.7. The molecular formula is C25H29BrN2O3. The van der Waals surface area contributed by atoms with Crippen molar-refractivity contribution in [2.75, 3.05) is 26.2 Å². The normalized spacial score (nSPS) is 32.1. The average Bonchev–Trinajstić information content (AvgIpc) is 3.08. The first kappa shape index (κ1) is 19.8. The van der Waals surface area contributed by atoms with Gasteiger partial charge in [0.15, 0.2) is 5.76 Å². The van der Waals surface area contributed by atoms with Crippen molar-refractivity contribution >= 4 is 38.7 Å². The number of nitrogens with zero attached hydrogens (tertiary/aromatic N) is 2. The molecule has 2 aromatic rings. The summed E-state index contributed by atoms with van der Waals surface area (Å²) >= 11 is 3.49. The van der Waals surface area contributed by atoms with E-state index in [2.05, 4.69) is 20.8 Å². The molecule has 6 heteroatoms. The van der Waals surface area contributed by atoms with Gasteiger partial charge in [0.2, 0.25) is 5.91 Å². The molecule has 7 rings (SSSR count). The largest absolute Gasteiger partial charge is 0.451 e. The molecule has 2 heterocycles. The number of hydrogen-bond acceptors (Lipinski definition) is 3. The Balaban J connectivity index is 1.15. The fourth-order valence-corrected chi connectivity index (χ4v) is 7.72. The number of aryl methyl sites for hydroxylation is 1. The Morgan fingerprint density at radius 3 is 2.16 bits per heavy atom. The molecule has 2 amide bonds. The SMILES string of the molecule is Cc1c(C(=O)N2CCN(C(=O)C34CC5CC(CC(C5)C3)C4)CC2)oc2ccc(Br)cc12. The second kappa shape index (κ2) is 7.09. The van der Waals surface area contributed by atoms with Crippen molar-refractivity contribution in [2.24, 2.45) is 23.2 Å². The zero-order valence-corrected chi connectivity index (χ0v) is 19.6. The molecule has 5 fully saturated rings. The predicted molar refractivity (Wildman–Crippen MR) is 122 cm³/mol. The third-order valence-corrected chi connectivity index (χ3v) is 8.93. The lowest BCUT2D eigenvalue weighted by Gasteiger charge is -2.57. The first-order valence-electron chi connectivity index (χ1n) is 11.7. The van der Waals surface area contributed by atoms with Crippen molar-refractivity contribution < 1.29 is 14.0 Å². The lowest BCUT2D eigenvalue weighted by molar-refractivity contribution is -0.159. The molecule has 0 unspecified atom stereocenters. The van der Waals surface area contributed by atoms with Crippen LogP contribution in [0.1, 0.15) is 54.6 Å². The van der Waals surface area contributed by atoms with Crippen molar-refractivity contribution in [1.29, 1.82) is 0 Å². The summed E-state index contributed by atoms with van der Waals surface area (Å²) in [5.74, 6) is 3.06. The number of fused-ring (bicyclic) bond motifs is 1. The molecule has 4 saturated carbocycles. The summed E-state index contributed by atoms with van der Waals surface area (Å²) in [6.07, 6.45) is 7.35. The zero-order chi connectivity index (χ0) is 21.3. The molecule has 1 aromatic heterocycles. The van der Waals surface area contributed by atoms with E-state index in [1.54, 1.807) is 0 Å². The van der Waals surface area contributed by atoms with Gasteiger partial charge in [-0.05, 0) is 81.4 Å². The molecule has 4 bridgehead atoms. The van der Waals surface area contributed by atoms with Crippen molar-refractivity contribution in [2.45, 2.75) is 45.4 Å². The highest BCUT2D eigenvalue weighted by Crippen LogP contribution is 2.60. The van der Waals surface area contributed by atoms with Gasteiger partial charge in [0.05, 0.1) is 5.41 Å². The molecule has 0 spiro atoms. The van der Waals surface area contributed by atoms with Gasteiger partial charge in [-0.1, -0.05) is 15.9 Å². The highest BCUT2D eigenvalue weighted by Gasteiger charge is 2.55. The summed E-state index contributed by atoms with van der Waals surface area (Å²) in [7, 11) is 0. The van der Waals surface area contributed by atoms with Crippen LogP contribution in [0.2, 0.25) is 0 Å². The van der Waals surface area contributed by atoms with Crippen LogP contribution in [-0.4, -0.2) is 47.8 Å². The molecule has 0 atom stereocenters. The van der Waals surface area contributed by atoms with E-state index >= 15 is 0 Å². The van der Waals surface area contributed by atoms with Gasteiger partial charge in [-0.2, -0.15) is 0 Å². The van der Waals surface area contributed by atoms with Gasteiger partial charge in [-0.15, -0.1) is 0 Å². The van der Waals surface area contributed by atoms with Gasteiger partial charge in [-0.25, -0.2) is 0 Å². The molecule has 4 aliphatic carbocycles. The molecule has 1 saturated heterocycles. The Kier molecular flexibility index (Phi) is 4.54. The Morgan fingerprint density at radius 2 is 1.55 bits per heavy atom. The molecule has 5 nitrogen and oxygen atoms in total. The maximum absolute atomic E-state index is 13.6. The van der Waals surface area contributed by atoms with E-state index in [1.165, 1.54) is 19.3 Å². The van der Waals surface area contributed by atoms with Crippen LogP contribution < -0.4 is 0 Å². The van der Waals surface area contributed by atoms with Crippen LogP contribution in [0.15, 0.2) is 27.1 Å². The van der Waals surface area contributed by atoms with Gasteiger partial charge >= 0.3 is 0 Å². The summed E-state index contributed by atoms with van der Waals surface area (Å²) in [5.41, 5.74) is 1.52. The Morgan fingerprint density at radius 1 is 0.968 bits per heavy atom. The molecule has 0 N–H and O–H groups in total. The predicted octanol–water partition coefficient (Wildman–Crippen LogP) is 5.00. The fraction of sp³-hybridized carbons (Fsp3) is 0.600. The van der Waals surface area contributed by atoms with Crippen molar-refractivity contribution in [1.82, 2.24) is 9.80 Å². The summed E-state index contributed by atoms with van der Waals surface area (Å²) < 4.78 is 6.89. The first-order valence-corrected chi connectivity index (χ1v) is 12.5. The van der Waals surface area contributed by atoms with Crippen LogP contribution in [0, 0.1) is 30.1 Å². The molecule has 0 radical (unpaired) electrons. The van der Waals surface area contributed by atoms with Crippen LogP contribution in [0.4, 0.5) is 0 Å². The number of benzene rings is 1. The van der Waals surface area contributed by atoms with Crippen molar-refractivity contribution in [3.8, 4) is 0 Å². The van der Waals surface area contributed by atoms with E-state index in [0.29, 0.717) is 37.8 Å². The van der Waals surface area contributed by atoms with Gasteiger partial charge in [-0.3, -0.25) is 9.59 Å². The minimum absolute atomic E-state index is 0.0632. The summed E-state index contributed by atoms with van der Waals surface area (Å²) in [5, 5.41) is 0.966. The number of rotatable bonds is 2. The molecule has 1 aliphatic heterocycles. The van der Waals surface area contributed by atoms with Gasteiger partial charge in [0.25, 0.3) is 5.91 Å². The summed E-state index contributed by atoms with van der Waals surface area (Å²) in [6, 6.07) is 5.81.